The minimum absolute atomic E-state index is 0.111. The number of halogens is 4. The van der Waals surface area contributed by atoms with Gasteiger partial charge in [0.1, 0.15) is 5.82 Å². The Balaban J connectivity index is 1.66. The van der Waals surface area contributed by atoms with Crippen LogP contribution in [0.3, 0.4) is 0 Å². The van der Waals surface area contributed by atoms with Crippen LogP contribution < -0.4 is 11.1 Å². The number of carbonyl (C=O) groups excluding carboxylic acids is 1. The molecule has 0 saturated carbocycles. The summed E-state index contributed by atoms with van der Waals surface area (Å²) in [5.41, 5.74) is 1.52. The van der Waals surface area contributed by atoms with Gasteiger partial charge >= 0.3 is 11.8 Å². The number of nitrogens with one attached hydrogen (secondary N) is 1. The number of fused-ring (bicyclic) bond motifs is 3. The van der Waals surface area contributed by atoms with Gasteiger partial charge in [-0.1, -0.05) is 0 Å². The molecule has 0 spiro atoms. The normalized spacial score (nSPS) is 12.2. The highest BCUT2D eigenvalue weighted by molar-refractivity contribution is 5.98. The molecule has 1 N–H and O–H groups in total. The Morgan fingerprint density at radius 3 is 2.65 bits per heavy atom. The molecule has 6 nitrogen and oxygen atoms in total. The topological polar surface area (TPSA) is 76.1 Å². The van der Waals surface area contributed by atoms with Gasteiger partial charge in [-0.05, 0) is 49.4 Å². The van der Waals surface area contributed by atoms with Gasteiger partial charge in [-0.3, -0.25) is 9.20 Å². The van der Waals surface area contributed by atoms with Crippen LogP contribution in [0.25, 0.3) is 16.6 Å². The SMILES string of the molecule is Cc1ccc2oc(=O)c3ccc(C(=O)N/N=C/c4cc(F)ccc4C(F)(F)F)cc3n12. The number of nitrogens with zero attached hydrogens (tertiary/aromatic N) is 2. The third kappa shape index (κ3) is 3.79. The van der Waals surface area contributed by atoms with Crippen molar-refractivity contribution in [1.29, 1.82) is 0 Å². The molecule has 2 aromatic heterocycles. The first-order valence-electron chi connectivity index (χ1n) is 8.90. The summed E-state index contributed by atoms with van der Waals surface area (Å²) in [4.78, 5) is 24.6. The van der Waals surface area contributed by atoms with E-state index < -0.39 is 34.7 Å². The molecule has 0 unspecified atom stereocenters. The predicted molar refractivity (Wildman–Crippen MR) is 105 cm³/mol. The number of carbonyl (C=O) groups is 1. The van der Waals surface area contributed by atoms with Crippen molar-refractivity contribution in [3.63, 3.8) is 0 Å². The molecule has 0 bridgehead atoms. The average molecular weight is 431 g/mol. The number of hydrogen-bond donors (Lipinski definition) is 1. The molecule has 0 atom stereocenters. The molecule has 31 heavy (non-hydrogen) atoms. The standard InChI is InChI=1S/C21H13F4N3O3/c1-11-2-7-18-28(11)17-9-12(3-5-15(17)20(30)31-18)19(29)27-26-10-13-8-14(22)4-6-16(13)21(23,24)25/h2-10H,1H3,(H,27,29)/b26-10+. The number of hydrogen-bond acceptors (Lipinski definition) is 4. The summed E-state index contributed by atoms with van der Waals surface area (Å²) in [5.74, 6) is -1.60. The molecule has 4 rings (SSSR count). The lowest BCUT2D eigenvalue weighted by Crippen LogP contribution is -2.18. The molecule has 1 amide bonds. The van der Waals surface area contributed by atoms with Crippen molar-refractivity contribution < 1.29 is 26.8 Å². The van der Waals surface area contributed by atoms with Crippen molar-refractivity contribution in [2.24, 2.45) is 5.10 Å². The number of benzene rings is 2. The minimum Gasteiger partial charge on any atom is -0.405 e. The van der Waals surface area contributed by atoms with E-state index in [4.69, 9.17) is 4.42 Å². The molecule has 0 radical (unpaired) electrons. The average Bonchev–Trinajstić information content (AvgIpc) is 3.07. The number of hydrazone groups is 1. The minimum atomic E-state index is -4.71. The second-order valence-electron chi connectivity index (χ2n) is 6.70. The first-order valence-corrected chi connectivity index (χ1v) is 8.90. The van der Waals surface area contributed by atoms with Gasteiger partial charge in [0.2, 0.25) is 5.71 Å². The summed E-state index contributed by atoms with van der Waals surface area (Å²) in [7, 11) is 0. The Morgan fingerprint density at radius 2 is 1.90 bits per heavy atom. The Morgan fingerprint density at radius 1 is 1.13 bits per heavy atom. The fraction of sp³-hybridized carbons (Fsp3) is 0.0952. The van der Waals surface area contributed by atoms with Crippen LogP contribution in [0.1, 0.15) is 27.2 Å². The van der Waals surface area contributed by atoms with Crippen LogP contribution in [-0.2, 0) is 6.18 Å². The van der Waals surface area contributed by atoms with E-state index in [-0.39, 0.29) is 10.9 Å². The van der Waals surface area contributed by atoms with Crippen molar-refractivity contribution in [2.75, 3.05) is 0 Å². The molecule has 2 heterocycles. The van der Waals surface area contributed by atoms with Crippen molar-refractivity contribution in [1.82, 2.24) is 9.83 Å². The Bertz CT molecular complexity index is 1420. The van der Waals surface area contributed by atoms with Crippen LogP contribution in [-0.4, -0.2) is 16.5 Å². The van der Waals surface area contributed by atoms with Crippen LogP contribution >= 0.6 is 0 Å². The zero-order chi connectivity index (χ0) is 22.3. The van der Waals surface area contributed by atoms with Crippen LogP contribution in [0.5, 0.6) is 0 Å². The Hall–Kier alpha value is -3.95. The zero-order valence-corrected chi connectivity index (χ0v) is 15.8. The van der Waals surface area contributed by atoms with Gasteiger partial charge in [0, 0.05) is 22.9 Å². The summed E-state index contributed by atoms with van der Waals surface area (Å²) in [6, 6.07) is 9.52. The maximum atomic E-state index is 13.3. The van der Waals surface area contributed by atoms with Crippen molar-refractivity contribution in [3.8, 4) is 0 Å². The van der Waals surface area contributed by atoms with Crippen LogP contribution in [0.2, 0.25) is 0 Å². The zero-order valence-electron chi connectivity index (χ0n) is 15.8. The number of rotatable bonds is 3. The van der Waals surface area contributed by atoms with E-state index in [1.165, 1.54) is 18.2 Å². The fourth-order valence-corrected chi connectivity index (χ4v) is 3.21. The predicted octanol–water partition coefficient (Wildman–Crippen LogP) is 4.28. The molecule has 158 valence electrons. The quantitative estimate of drug-likeness (QED) is 0.299. The van der Waals surface area contributed by atoms with Crippen LogP contribution in [0, 0.1) is 12.7 Å². The first kappa shape index (κ1) is 20.3. The molecular formula is C21H13F4N3O3. The second-order valence-corrected chi connectivity index (χ2v) is 6.70. The summed E-state index contributed by atoms with van der Waals surface area (Å²) in [6.07, 6.45) is -3.99. The van der Waals surface area contributed by atoms with E-state index >= 15 is 0 Å². The maximum Gasteiger partial charge on any atom is 0.417 e. The third-order valence-electron chi connectivity index (χ3n) is 4.65. The van der Waals surface area contributed by atoms with Gasteiger partial charge in [-0.2, -0.15) is 18.3 Å². The van der Waals surface area contributed by atoms with Gasteiger partial charge in [-0.25, -0.2) is 14.6 Å². The van der Waals surface area contributed by atoms with Gasteiger partial charge < -0.3 is 4.42 Å². The Kier molecular flexibility index (Phi) is 4.84. The number of aromatic nitrogens is 1. The van der Waals surface area contributed by atoms with Crippen molar-refractivity contribution in [2.45, 2.75) is 13.1 Å². The second kappa shape index (κ2) is 7.38. The smallest absolute Gasteiger partial charge is 0.405 e. The fourth-order valence-electron chi connectivity index (χ4n) is 3.21. The van der Waals surface area contributed by atoms with E-state index in [0.29, 0.717) is 35.6 Å². The molecule has 10 heteroatoms. The third-order valence-corrected chi connectivity index (χ3v) is 4.65. The maximum absolute atomic E-state index is 13.3. The monoisotopic (exact) mass is 431 g/mol. The lowest BCUT2D eigenvalue weighted by Gasteiger charge is -2.09. The highest BCUT2D eigenvalue weighted by Gasteiger charge is 2.33. The van der Waals surface area contributed by atoms with Crippen molar-refractivity contribution >= 4 is 28.7 Å². The number of amides is 1. The molecule has 0 saturated heterocycles. The molecule has 0 aliphatic carbocycles. The number of aryl methyl sites for hydroxylation is 1. The molecule has 2 aromatic carbocycles. The summed E-state index contributed by atoms with van der Waals surface area (Å²) in [5, 5.41) is 3.77. The largest absolute Gasteiger partial charge is 0.417 e. The van der Waals surface area contributed by atoms with Gasteiger partial charge in [0.25, 0.3) is 5.91 Å². The molecular weight excluding hydrogens is 418 g/mol. The molecule has 0 aliphatic rings. The van der Waals surface area contributed by atoms with Gasteiger partial charge in [0.15, 0.2) is 0 Å². The highest BCUT2D eigenvalue weighted by Crippen LogP contribution is 2.31. The van der Waals surface area contributed by atoms with Crippen molar-refractivity contribution in [3.05, 3.63) is 87.2 Å². The van der Waals surface area contributed by atoms with E-state index in [1.54, 1.807) is 23.5 Å². The number of alkyl halides is 3. The van der Waals surface area contributed by atoms with Gasteiger partial charge in [0.05, 0.1) is 22.7 Å². The summed E-state index contributed by atoms with van der Waals surface area (Å²) in [6.45, 7) is 1.79. The lowest BCUT2D eigenvalue weighted by atomic mass is 10.1. The molecule has 0 aliphatic heterocycles. The van der Waals surface area contributed by atoms with Crippen LogP contribution in [0.15, 0.2) is 62.8 Å². The lowest BCUT2D eigenvalue weighted by molar-refractivity contribution is -0.137. The van der Waals surface area contributed by atoms with Crippen LogP contribution in [0.4, 0.5) is 17.6 Å². The Labute approximate surface area is 171 Å². The highest BCUT2D eigenvalue weighted by atomic mass is 19.4. The van der Waals surface area contributed by atoms with E-state index in [0.717, 1.165) is 5.69 Å². The van der Waals surface area contributed by atoms with E-state index in [9.17, 15) is 27.2 Å². The van der Waals surface area contributed by atoms with E-state index in [2.05, 4.69) is 10.5 Å². The first-order chi connectivity index (χ1) is 14.6. The molecule has 4 aromatic rings. The summed E-state index contributed by atoms with van der Waals surface area (Å²) >= 11 is 0. The summed E-state index contributed by atoms with van der Waals surface area (Å²) < 4.78 is 59.3. The van der Waals surface area contributed by atoms with Gasteiger partial charge in [-0.15, -0.1) is 0 Å². The van der Waals surface area contributed by atoms with E-state index in [1.807, 2.05) is 0 Å². The molecule has 0 fully saturated rings.